The minimum Gasteiger partial charge on any atom is -0.508 e. The Labute approximate surface area is 556 Å². The number of thiophene rings is 1. The molecule has 0 saturated heterocycles. The molecule has 0 unspecified atom stereocenters. The molecule has 11 rings (SSSR count). The number of aryl methyl sites for hydroxylation is 3. The van der Waals surface area contributed by atoms with Gasteiger partial charge in [0.15, 0.2) is 0 Å². The number of phenols is 4. The molecule has 0 saturated carbocycles. The zero-order valence-electron chi connectivity index (χ0n) is 58.1. The van der Waals surface area contributed by atoms with Gasteiger partial charge in [-0.05, 0) is 305 Å². The first kappa shape index (κ1) is 73.2. The minimum atomic E-state index is 0.474. The molecule has 1 aromatic heterocycles. The first-order chi connectivity index (χ1) is 44.3. The topological polar surface area (TPSA) is 106 Å². The maximum absolute atomic E-state index is 10.0. The predicted molar refractivity (Wildman–Crippen MR) is 387 cm³/mol. The Hall–Kier alpha value is -5.20. The van der Waals surface area contributed by atoms with Gasteiger partial charge in [0.2, 0.25) is 0 Å². The van der Waals surface area contributed by atoms with Crippen LogP contribution in [0, 0.1) is 6.92 Å². The number of nitrogens with one attached hydrogen (secondary N) is 1. The Balaban J connectivity index is 0.000000162. The Morgan fingerprint density at radius 2 is 0.769 bits per heavy atom. The van der Waals surface area contributed by atoms with E-state index in [4.69, 9.17) is 0 Å². The molecule has 0 fully saturated rings. The van der Waals surface area contributed by atoms with Crippen molar-refractivity contribution in [1.29, 1.82) is 0 Å². The molecule has 0 bridgehead atoms. The van der Waals surface area contributed by atoms with Gasteiger partial charge in [0.1, 0.15) is 23.0 Å². The van der Waals surface area contributed by atoms with Gasteiger partial charge in [-0.15, -0.1) is 11.3 Å². The number of fused-ring (bicyclic) bond motifs is 5. The van der Waals surface area contributed by atoms with Gasteiger partial charge in [0.05, 0.1) is 0 Å². The monoisotopic (exact) mass is 1260 g/mol. The van der Waals surface area contributed by atoms with Crippen LogP contribution in [0.4, 0.5) is 0 Å². The molecule has 5 aromatic carbocycles. The summed E-state index contributed by atoms with van der Waals surface area (Å²) < 4.78 is 0. The van der Waals surface area contributed by atoms with Crippen molar-refractivity contribution in [3.05, 3.63) is 175 Å². The number of rotatable bonds is 24. The third-order valence-electron chi connectivity index (χ3n) is 19.9. The van der Waals surface area contributed by atoms with Crippen LogP contribution in [0.5, 0.6) is 23.0 Å². The van der Waals surface area contributed by atoms with E-state index in [9.17, 15) is 20.4 Å². The summed E-state index contributed by atoms with van der Waals surface area (Å²) in [5, 5.41) is 45.3. The van der Waals surface area contributed by atoms with Crippen molar-refractivity contribution in [2.75, 3.05) is 58.9 Å². The lowest BCUT2D eigenvalue weighted by atomic mass is 9.86. The van der Waals surface area contributed by atoms with Crippen LogP contribution >= 0.6 is 11.3 Å². The van der Waals surface area contributed by atoms with Gasteiger partial charge in [0.25, 0.3) is 0 Å². The molecule has 0 radical (unpaired) electrons. The molecule has 5 atom stereocenters. The molecule has 91 heavy (non-hydrogen) atoms. The number of nitrogens with zero attached hydrogens (tertiary/aromatic N) is 4. The van der Waals surface area contributed by atoms with E-state index < -0.39 is 0 Å². The molecular weight excluding hydrogens is 1140 g/mol. The van der Waals surface area contributed by atoms with E-state index in [1.54, 1.807) is 17.2 Å². The van der Waals surface area contributed by atoms with Gasteiger partial charge in [-0.1, -0.05) is 134 Å². The highest BCUT2D eigenvalue weighted by Gasteiger charge is 2.29. The average molecular weight is 1260 g/mol. The zero-order valence-corrected chi connectivity index (χ0v) is 58.9. The number of hydrogen-bond acceptors (Lipinski definition) is 10. The van der Waals surface area contributed by atoms with Gasteiger partial charge in [-0.25, -0.2) is 0 Å². The van der Waals surface area contributed by atoms with Gasteiger partial charge in [0, 0.05) is 41.6 Å². The normalized spacial score (nSPS) is 18.8. The molecule has 1 heterocycles. The summed E-state index contributed by atoms with van der Waals surface area (Å²) in [5.74, 6) is 1.94. The summed E-state index contributed by atoms with van der Waals surface area (Å²) in [6.07, 6.45) is 28.0. The van der Waals surface area contributed by atoms with Crippen LogP contribution in [-0.4, -0.2) is 129 Å². The Morgan fingerprint density at radius 1 is 0.374 bits per heavy atom. The maximum atomic E-state index is 10.0. The summed E-state index contributed by atoms with van der Waals surface area (Å²) >= 11 is 1.86. The van der Waals surface area contributed by atoms with Gasteiger partial charge >= 0.3 is 0 Å². The fourth-order valence-electron chi connectivity index (χ4n) is 15.3. The molecule has 0 spiro atoms. The van der Waals surface area contributed by atoms with Crippen LogP contribution in [0.25, 0.3) is 0 Å². The first-order valence-corrected chi connectivity index (χ1v) is 37.2. The second kappa shape index (κ2) is 39.5. The van der Waals surface area contributed by atoms with Gasteiger partial charge in [-0.2, -0.15) is 0 Å². The van der Waals surface area contributed by atoms with Crippen LogP contribution in [0.15, 0.2) is 109 Å². The summed E-state index contributed by atoms with van der Waals surface area (Å²) in [6, 6.07) is 38.4. The highest BCUT2D eigenvalue weighted by Crippen LogP contribution is 2.35. The predicted octanol–water partition coefficient (Wildman–Crippen LogP) is 17.2. The summed E-state index contributed by atoms with van der Waals surface area (Å²) in [4.78, 5) is 12.1. The minimum absolute atomic E-state index is 0.474. The molecule has 9 nitrogen and oxygen atoms in total. The lowest BCUT2D eigenvalue weighted by Crippen LogP contribution is -2.41. The van der Waals surface area contributed by atoms with Gasteiger partial charge in [-0.3, -0.25) is 4.90 Å². The smallest absolute Gasteiger partial charge is 0.119 e. The van der Waals surface area contributed by atoms with E-state index in [1.165, 1.54) is 179 Å². The fraction of sp³-hybridized carbons (Fsp3) is 0.580. The molecule has 5 N–H and O–H groups in total. The Bertz CT molecular complexity index is 2980. The van der Waals surface area contributed by atoms with Crippen LogP contribution in [0.2, 0.25) is 0 Å². The number of phenolic OH excluding ortho intramolecular Hbond substituents is 4. The van der Waals surface area contributed by atoms with Crippen molar-refractivity contribution >= 4 is 11.3 Å². The van der Waals surface area contributed by atoms with Crippen LogP contribution in [-0.2, 0) is 70.6 Å². The largest absolute Gasteiger partial charge is 0.508 e. The van der Waals surface area contributed by atoms with Crippen LogP contribution < -0.4 is 5.32 Å². The molecule has 10 heteroatoms. The van der Waals surface area contributed by atoms with Crippen molar-refractivity contribution in [2.45, 2.75) is 247 Å². The second-order valence-electron chi connectivity index (χ2n) is 26.9. The van der Waals surface area contributed by atoms with Gasteiger partial charge < -0.3 is 40.4 Å². The van der Waals surface area contributed by atoms with Crippen LogP contribution in [0.1, 0.15) is 205 Å². The summed E-state index contributed by atoms with van der Waals surface area (Å²) in [5.41, 5.74) is 14.7. The van der Waals surface area contributed by atoms with E-state index in [2.05, 4.69) is 147 Å². The van der Waals surface area contributed by atoms with E-state index in [-0.39, 0.29) is 0 Å². The van der Waals surface area contributed by atoms with Crippen molar-refractivity contribution < 1.29 is 20.4 Å². The standard InChI is InChI=1S/C19H25NOS.C17H27N.2C16H25NO.C13H19NO/c1-2-11-20(12-10-17-6-4-13-22-17)16-8-9-18-15(14-16)5-3-7-19(18)21;1-4-10-18(11-5-2)17-9-8-15-7-6-14(3)12-16(15)13-17;1-3-10-17(11-4-2)14-8-9-15-13(12-14)6-5-7-16(15)18;1-3-10-17(11-4-2)14-9-8-13-6-5-7-16(18)15(13)12-14;1-2-8-14-11-6-7-12-10(9-11)4-3-5-13(12)15/h3-7,13,16,21H,2,8-12,14H2,1H3;6-7,12,17H,4-5,8-11,13H2,1-3H3;2*5-7,14,18H,3-4,8-12H2,1-2H3;3-5,11,14-15H,2,6-9H2,1H3/t16-;17-;2*14-;11-/m11111/s1. The summed E-state index contributed by atoms with van der Waals surface area (Å²) in [6.45, 7) is 31.0. The number of benzene rings is 5. The molecule has 500 valence electrons. The molecule has 6 aromatic rings. The summed E-state index contributed by atoms with van der Waals surface area (Å²) in [7, 11) is 0. The van der Waals surface area contributed by atoms with E-state index in [0.717, 1.165) is 95.3 Å². The molecule has 5 aliphatic rings. The third-order valence-corrected chi connectivity index (χ3v) is 20.8. The first-order valence-electron chi connectivity index (χ1n) is 36.3. The molecular formula is C81H121N5O4S. The van der Waals surface area contributed by atoms with Crippen molar-refractivity contribution in [3.8, 4) is 23.0 Å². The van der Waals surface area contributed by atoms with E-state index in [0.29, 0.717) is 47.2 Å². The molecule has 0 aliphatic heterocycles. The van der Waals surface area contributed by atoms with Crippen molar-refractivity contribution in [2.24, 2.45) is 0 Å². The highest BCUT2D eigenvalue weighted by molar-refractivity contribution is 7.09. The molecule has 0 amide bonds. The highest BCUT2D eigenvalue weighted by atomic mass is 32.1. The lowest BCUT2D eigenvalue weighted by molar-refractivity contribution is 0.179. The van der Waals surface area contributed by atoms with E-state index >= 15 is 0 Å². The SMILES string of the molecule is CCCN(CCC)[C@@H]1CCc2c(O)cccc2C1.CCCN(CCC)[C@@H]1CCc2ccc(C)cc2C1.CCCN(CCC)[C@@H]1CCc2cccc(O)c2C1.CCCN(CCc1cccs1)[C@@H]1CCc2c(O)cccc2C1.CCCN[C@@H]1CCc2c(O)cccc2C1. The Kier molecular flexibility index (Phi) is 31.8. The number of hydrogen-bond donors (Lipinski definition) is 5. The fourth-order valence-corrected chi connectivity index (χ4v) is 16.0. The third kappa shape index (κ3) is 22.2. The second-order valence-corrected chi connectivity index (χ2v) is 27.9. The lowest BCUT2D eigenvalue weighted by Gasteiger charge is -2.35. The average Bonchev–Trinajstić information content (AvgIpc) is 1.78. The van der Waals surface area contributed by atoms with Crippen molar-refractivity contribution in [3.63, 3.8) is 0 Å². The van der Waals surface area contributed by atoms with Crippen molar-refractivity contribution in [1.82, 2.24) is 24.9 Å². The van der Waals surface area contributed by atoms with Crippen LogP contribution in [0.3, 0.4) is 0 Å². The quantitative estimate of drug-likeness (QED) is 0.0405. The van der Waals surface area contributed by atoms with E-state index in [1.807, 2.05) is 53.8 Å². The maximum Gasteiger partial charge on any atom is 0.119 e. The molecule has 5 aliphatic carbocycles. The Morgan fingerprint density at radius 3 is 1.22 bits per heavy atom. The zero-order chi connectivity index (χ0) is 64.9. The number of aromatic hydroxyl groups is 4.